The molecule has 0 radical (unpaired) electrons. The van der Waals surface area contributed by atoms with Crippen LogP contribution in [0.2, 0.25) is 0 Å². The minimum atomic E-state index is -4.06. The van der Waals surface area contributed by atoms with Crippen molar-refractivity contribution < 1.29 is 22.3 Å². The molecule has 4 rings (SSSR count). The van der Waals surface area contributed by atoms with Crippen LogP contribution in [0.1, 0.15) is 40.9 Å². The molecule has 3 heterocycles. The molecule has 1 fully saturated rings. The Hall–Kier alpha value is -3.11. The molecule has 0 atom stereocenters. The molecule has 168 valence electrons. The predicted molar refractivity (Wildman–Crippen MR) is 114 cm³/mol. The summed E-state index contributed by atoms with van der Waals surface area (Å²) in [5.41, 5.74) is 1.16. The highest BCUT2D eigenvalue weighted by atomic mass is 32.2. The first kappa shape index (κ1) is 22.1. The van der Waals surface area contributed by atoms with Crippen LogP contribution in [0, 0.1) is 12.7 Å². The maximum absolute atomic E-state index is 14.4. The number of benzene rings is 1. The van der Waals surface area contributed by atoms with Gasteiger partial charge in [-0.15, -0.1) is 0 Å². The summed E-state index contributed by atoms with van der Waals surface area (Å²) in [6, 6.07) is 7.86. The smallest absolute Gasteiger partial charge is 0.338 e. The van der Waals surface area contributed by atoms with E-state index in [1.165, 1.54) is 20.8 Å². The van der Waals surface area contributed by atoms with Gasteiger partial charge in [0, 0.05) is 25.4 Å². The Morgan fingerprint density at radius 1 is 1.12 bits per heavy atom. The minimum absolute atomic E-state index is 0.102. The standard InChI is InChI=1S/C22H22FN3O5S/c1-15-7-10-26-20(11-15)24-17(13-21(26)27)14-31-22(28)16-5-6-18(23)19(12-16)32(29,30)25-8-3-2-4-9-25/h5-7,10-13H,2-4,8-9,14H2,1H3. The van der Waals surface area contributed by atoms with Gasteiger partial charge in [0.05, 0.1) is 11.3 Å². The van der Waals surface area contributed by atoms with Crippen LogP contribution in [0.25, 0.3) is 5.65 Å². The third-order valence-electron chi connectivity index (χ3n) is 5.33. The summed E-state index contributed by atoms with van der Waals surface area (Å²) >= 11 is 0. The molecule has 8 nitrogen and oxygen atoms in total. The lowest BCUT2D eigenvalue weighted by molar-refractivity contribution is 0.0467. The monoisotopic (exact) mass is 459 g/mol. The number of halogens is 1. The normalized spacial score (nSPS) is 15.1. The molecule has 32 heavy (non-hydrogen) atoms. The van der Waals surface area contributed by atoms with Gasteiger partial charge in [-0.25, -0.2) is 22.6 Å². The number of hydrogen-bond acceptors (Lipinski definition) is 6. The largest absolute Gasteiger partial charge is 0.456 e. The average molecular weight is 459 g/mol. The van der Waals surface area contributed by atoms with Gasteiger partial charge in [0.25, 0.3) is 5.56 Å². The van der Waals surface area contributed by atoms with Crippen LogP contribution < -0.4 is 5.56 Å². The number of esters is 1. The fourth-order valence-electron chi connectivity index (χ4n) is 3.62. The van der Waals surface area contributed by atoms with Crippen molar-refractivity contribution in [2.24, 2.45) is 0 Å². The lowest BCUT2D eigenvalue weighted by atomic mass is 10.2. The highest BCUT2D eigenvalue weighted by Crippen LogP contribution is 2.24. The van der Waals surface area contributed by atoms with Crippen molar-refractivity contribution >= 4 is 21.6 Å². The van der Waals surface area contributed by atoms with E-state index in [-0.39, 0.29) is 23.4 Å². The molecular formula is C22H22FN3O5S. The van der Waals surface area contributed by atoms with Gasteiger partial charge in [-0.3, -0.25) is 9.20 Å². The second-order valence-corrected chi connectivity index (χ2v) is 9.61. The highest BCUT2D eigenvalue weighted by molar-refractivity contribution is 7.89. The van der Waals surface area contributed by atoms with Crippen molar-refractivity contribution in [2.45, 2.75) is 37.7 Å². The lowest BCUT2D eigenvalue weighted by Gasteiger charge is -2.26. The topological polar surface area (TPSA) is 98.0 Å². The number of carbonyl (C=O) groups excluding carboxylic acids is 1. The van der Waals surface area contributed by atoms with Crippen LogP contribution in [0.3, 0.4) is 0 Å². The zero-order chi connectivity index (χ0) is 22.9. The van der Waals surface area contributed by atoms with Gasteiger partial charge >= 0.3 is 5.97 Å². The van der Waals surface area contributed by atoms with Crippen molar-refractivity contribution in [3.8, 4) is 0 Å². The maximum atomic E-state index is 14.4. The number of nitrogens with zero attached hydrogens (tertiary/aromatic N) is 3. The fourth-order valence-corrected chi connectivity index (χ4v) is 5.23. The summed E-state index contributed by atoms with van der Waals surface area (Å²) in [6.07, 6.45) is 3.95. The number of aryl methyl sites for hydroxylation is 1. The zero-order valence-corrected chi connectivity index (χ0v) is 18.3. The first-order valence-corrected chi connectivity index (χ1v) is 11.7. The van der Waals surface area contributed by atoms with Crippen LogP contribution in [0.15, 0.2) is 52.3 Å². The molecule has 1 aliphatic rings. The number of piperidine rings is 1. The molecular weight excluding hydrogens is 437 g/mol. The van der Waals surface area contributed by atoms with Crippen molar-refractivity contribution in [3.05, 3.63) is 75.6 Å². The molecule has 0 saturated carbocycles. The molecule has 10 heteroatoms. The van der Waals surface area contributed by atoms with E-state index in [1.54, 1.807) is 18.3 Å². The number of sulfonamides is 1. The average Bonchev–Trinajstić information content (AvgIpc) is 2.78. The van der Waals surface area contributed by atoms with Crippen LogP contribution in [0.4, 0.5) is 4.39 Å². The van der Waals surface area contributed by atoms with Gasteiger partial charge in [0.2, 0.25) is 10.0 Å². The van der Waals surface area contributed by atoms with E-state index in [9.17, 15) is 22.4 Å². The predicted octanol–water partition coefficient (Wildman–Crippen LogP) is 2.67. The first-order chi connectivity index (χ1) is 15.3. The van der Waals surface area contributed by atoms with Crippen molar-refractivity contribution in [1.29, 1.82) is 0 Å². The van der Waals surface area contributed by atoms with Crippen LogP contribution >= 0.6 is 0 Å². The van der Waals surface area contributed by atoms with Crippen LogP contribution in [-0.4, -0.2) is 41.2 Å². The molecule has 2 aromatic heterocycles. The first-order valence-electron chi connectivity index (χ1n) is 10.2. The van der Waals surface area contributed by atoms with E-state index in [1.807, 2.05) is 6.92 Å². The molecule has 1 aliphatic heterocycles. The Morgan fingerprint density at radius 2 is 1.88 bits per heavy atom. The van der Waals surface area contributed by atoms with E-state index in [4.69, 9.17) is 4.74 Å². The molecule has 1 saturated heterocycles. The summed E-state index contributed by atoms with van der Waals surface area (Å²) in [5, 5.41) is 0. The Kier molecular flexibility index (Phi) is 6.07. The Bertz CT molecular complexity index is 1350. The molecule has 0 N–H and O–H groups in total. The summed E-state index contributed by atoms with van der Waals surface area (Å²) < 4.78 is 47.9. The Balaban J connectivity index is 1.55. The van der Waals surface area contributed by atoms with Gasteiger partial charge < -0.3 is 4.74 Å². The van der Waals surface area contributed by atoms with Gasteiger partial charge in [0.15, 0.2) is 0 Å². The zero-order valence-electron chi connectivity index (χ0n) is 17.5. The third kappa shape index (κ3) is 4.42. The van der Waals surface area contributed by atoms with Gasteiger partial charge in [-0.05, 0) is 55.7 Å². The fraction of sp³-hybridized carbons (Fsp3) is 0.318. The quantitative estimate of drug-likeness (QED) is 0.544. The summed E-state index contributed by atoms with van der Waals surface area (Å²) in [5.74, 6) is -1.77. The number of fused-ring (bicyclic) bond motifs is 1. The van der Waals surface area contributed by atoms with Crippen molar-refractivity contribution in [1.82, 2.24) is 13.7 Å². The number of pyridine rings is 1. The van der Waals surface area contributed by atoms with E-state index >= 15 is 0 Å². The number of aromatic nitrogens is 2. The van der Waals surface area contributed by atoms with Gasteiger partial charge in [-0.1, -0.05) is 6.42 Å². The number of ether oxygens (including phenoxy) is 1. The van der Waals surface area contributed by atoms with Crippen molar-refractivity contribution in [3.63, 3.8) is 0 Å². The molecule has 0 unspecified atom stereocenters. The van der Waals surface area contributed by atoms with Crippen molar-refractivity contribution in [2.75, 3.05) is 13.1 Å². The molecule has 0 spiro atoms. The number of rotatable bonds is 5. The third-order valence-corrected chi connectivity index (χ3v) is 7.24. The van der Waals surface area contributed by atoms with E-state index < -0.39 is 26.7 Å². The summed E-state index contributed by atoms with van der Waals surface area (Å²) in [4.78, 5) is 28.5. The summed E-state index contributed by atoms with van der Waals surface area (Å²) in [6.45, 7) is 2.21. The van der Waals surface area contributed by atoms with E-state index in [0.29, 0.717) is 31.6 Å². The Labute approximate surface area is 184 Å². The second kappa shape index (κ2) is 8.79. The maximum Gasteiger partial charge on any atom is 0.338 e. The number of carbonyl (C=O) groups is 1. The minimum Gasteiger partial charge on any atom is -0.456 e. The van der Waals surface area contributed by atoms with E-state index in [0.717, 1.165) is 24.1 Å². The Morgan fingerprint density at radius 3 is 2.62 bits per heavy atom. The molecule has 0 aliphatic carbocycles. The highest BCUT2D eigenvalue weighted by Gasteiger charge is 2.29. The lowest BCUT2D eigenvalue weighted by Crippen LogP contribution is -2.36. The van der Waals surface area contributed by atoms with Crippen LogP contribution in [0.5, 0.6) is 0 Å². The molecule has 1 aromatic carbocycles. The van der Waals surface area contributed by atoms with Gasteiger partial charge in [0.1, 0.15) is 23.0 Å². The molecule has 3 aromatic rings. The van der Waals surface area contributed by atoms with Gasteiger partial charge in [-0.2, -0.15) is 4.31 Å². The number of hydrogen-bond donors (Lipinski definition) is 0. The molecule has 0 bridgehead atoms. The van der Waals surface area contributed by atoms with Crippen LogP contribution in [-0.2, 0) is 21.4 Å². The SMILES string of the molecule is Cc1ccn2c(=O)cc(COC(=O)c3ccc(F)c(S(=O)(=O)N4CCCCC4)c3)nc2c1. The summed E-state index contributed by atoms with van der Waals surface area (Å²) in [7, 11) is -4.06. The van der Waals surface area contributed by atoms with E-state index in [2.05, 4.69) is 4.98 Å². The molecule has 0 amide bonds. The second-order valence-electron chi connectivity index (χ2n) is 7.70.